The van der Waals surface area contributed by atoms with Crippen molar-refractivity contribution in [3.63, 3.8) is 0 Å². The zero-order chi connectivity index (χ0) is 82.8. The van der Waals surface area contributed by atoms with Crippen molar-refractivity contribution in [2.75, 3.05) is 9.80 Å². The Labute approximate surface area is 648 Å². The molecule has 0 atom stereocenters. The molecule has 17 aromatic rings. The average molecular weight is 1400 g/mol. The van der Waals surface area contributed by atoms with Gasteiger partial charge in [0.2, 0.25) is 0 Å². The highest BCUT2D eigenvalue weighted by molar-refractivity contribution is 7.25. The molecule has 0 N–H and O–H groups in total. The van der Waals surface area contributed by atoms with Crippen LogP contribution in [0.15, 0.2) is 321 Å². The monoisotopic (exact) mass is 1400 g/mol. The van der Waals surface area contributed by atoms with Crippen LogP contribution in [0.5, 0.6) is 0 Å². The van der Waals surface area contributed by atoms with E-state index in [1.54, 1.807) is 15.9 Å². The largest absolute Gasteiger partial charge is 0.310 e. The third-order valence-corrected chi connectivity index (χ3v) is 23.4. The third-order valence-electron chi connectivity index (χ3n) is 22.2. The fourth-order valence-electron chi connectivity index (χ4n) is 16.7. The number of hydrogen-bond donors (Lipinski definition) is 0. The van der Waals surface area contributed by atoms with E-state index in [1.165, 1.54) is 14.8 Å². The minimum atomic E-state index is -0.698. The summed E-state index contributed by atoms with van der Waals surface area (Å²) < 4.78 is 118. The Morgan fingerprint density at radius 3 is 1.32 bits per heavy atom. The van der Waals surface area contributed by atoms with Gasteiger partial charge in [-0.25, -0.2) is 0 Å². The van der Waals surface area contributed by atoms with E-state index in [0.717, 1.165) is 145 Å². The average Bonchev–Trinajstić information content (AvgIpc) is 1.68. The first-order valence-electron chi connectivity index (χ1n) is 42.8. The minimum absolute atomic E-state index is 0.0777. The number of para-hydroxylation sites is 1. The van der Waals surface area contributed by atoms with Crippen LogP contribution in [0, 0.1) is 0 Å². The van der Waals surface area contributed by atoms with Crippen molar-refractivity contribution in [1.82, 2.24) is 4.57 Å². The van der Waals surface area contributed by atoms with Gasteiger partial charge in [-0.05, 0) is 225 Å². The number of thiophene rings is 1. The van der Waals surface area contributed by atoms with Crippen LogP contribution < -0.4 is 26.2 Å². The number of aromatic nitrogens is 1. The molecule has 2 aromatic heterocycles. The second kappa shape index (κ2) is 24.3. The molecule has 0 saturated heterocycles. The van der Waals surface area contributed by atoms with Crippen LogP contribution in [-0.4, -0.2) is 11.3 Å². The third kappa shape index (κ3) is 10.6. The Morgan fingerprint density at radius 2 is 0.757 bits per heavy atom. The lowest BCUT2D eigenvalue weighted by atomic mass is 9.33. The first-order valence-corrected chi connectivity index (χ1v) is 37.6. The van der Waals surface area contributed by atoms with Gasteiger partial charge in [0.15, 0.2) is 0 Å². The molecule has 0 fully saturated rings. The molecular weight excluding hydrogens is 1310 g/mol. The summed E-state index contributed by atoms with van der Waals surface area (Å²) >= 11 is 1.80. The Morgan fingerprint density at radius 1 is 0.299 bits per heavy atom. The lowest BCUT2D eigenvalue weighted by Gasteiger charge is -2.47. The quantitative estimate of drug-likeness (QED) is 0.159. The topological polar surface area (TPSA) is 11.4 Å². The standard InChI is InChI=1S/C102H80BN3S/c1-100(2,3)75-56-80(65-30-18-12-19-31-65)98-82(58-75)73-36-24-34-67(50-73)70-42-48-95-85(53-70)86-54-71(43-49-96(86)107-95)68-35-25-37-74(51-68)83-59-76(101(4,5)6)57-81(66-32-20-13-21-33-66)99(83)106-92-62-78(104-89-39-23-22-38-79(89)84-52-69(40-46-90(84)104)63-26-14-10-15-27-63)44-45-87(92)103-88-55-72(64-28-16-11-17-29-64)41-47-91(88)105(98)93-60-77(102(7,8)9)61-94(106)97(93)103/h10-62H,1-9H3/i10D,14D,15D,22D,23D,26D,27D,38D,39D,40D,46D,52D. The second-order valence-corrected chi connectivity index (χ2v) is 33.0. The lowest BCUT2D eigenvalue weighted by molar-refractivity contribution is 0.590. The van der Waals surface area contributed by atoms with Crippen LogP contribution in [0.25, 0.3) is 137 Å². The maximum absolute atomic E-state index is 10.4. The van der Waals surface area contributed by atoms with Gasteiger partial charge in [0, 0.05) is 81.6 Å². The molecule has 13 bridgehead atoms. The van der Waals surface area contributed by atoms with Crippen LogP contribution in [0.4, 0.5) is 34.1 Å². The van der Waals surface area contributed by atoms with Gasteiger partial charge in [0.25, 0.3) is 6.71 Å². The van der Waals surface area contributed by atoms with E-state index < -0.39 is 101 Å². The molecule has 0 saturated carbocycles. The Bertz CT molecular complexity index is 7250. The lowest BCUT2D eigenvalue weighted by Crippen LogP contribution is -2.61. The summed E-state index contributed by atoms with van der Waals surface area (Å²) in [7, 11) is 0. The highest BCUT2D eigenvalue weighted by atomic mass is 32.1. The highest BCUT2D eigenvalue weighted by Crippen LogP contribution is 2.56. The summed E-state index contributed by atoms with van der Waals surface area (Å²) in [6, 6.07) is 83.9. The SMILES string of the molecule is [2H]c1c([2H])c([2H])c(-c2c([2H])c([2H])c3c(c2[2H])c2c([2H])c([2H])c([2H])c([2H])c2n3-c2ccc3c(c2)N2c4cc(C(C)(C)C)cc5c4B3c3cc(-c4ccccc4)ccc3N5c3c(-c4ccccc4)cc(C(C)(C)C)cc3-c3cccc(c3)-c3ccc4sc5ccc(cc5c4c3)-c3cccc(c3)-c3cc(C(C)(C)C)cc(-c4ccccc4)c32)c([2H])c1[2H]. The number of anilines is 6. The molecule has 5 heterocycles. The predicted molar refractivity (Wildman–Crippen MR) is 461 cm³/mol. The molecule has 0 spiro atoms. The summed E-state index contributed by atoms with van der Waals surface area (Å²) in [5.41, 5.74) is 23.6. The van der Waals surface area contributed by atoms with Gasteiger partial charge in [-0.2, -0.15) is 0 Å². The molecule has 3 nitrogen and oxygen atoms in total. The molecule has 107 heavy (non-hydrogen) atoms. The molecule has 20 rings (SSSR count). The van der Waals surface area contributed by atoms with E-state index in [4.69, 9.17) is 4.11 Å². The molecule has 3 aliphatic rings. The van der Waals surface area contributed by atoms with Crippen LogP contribution in [0.1, 0.15) is 95.5 Å². The molecule has 0 radical (unpaired) electrons. The number of fused-ring (bicyclic) bond motifs is 23. The van der Waals surface area contributed by atoms with Gasteiger partial charge in [-0.15, -0.1) is 11.3 Å². The maximum atomic E-state index is 10.4. The molecule has 15 aromatic carbocycles. The van der Waals surface area contributed by atoms with E-state index in [2.05, 4.69) is 303 Å². The normalized spacial score (nSPS) is 14.6. The number of benzene rings is 15. The minimum Gasteiger partial charge on any atom is -0.310 e. The first kappa shape index (κ1) is 52.9. The van der Waals surface area contributed by atoms with Crippen molar-refractivity contribution in [3.8, 4) is 94.7 Å². The Balaban J connectivity index is 1.01. The molecule has 3 aliphatic heterocycles. The van der Waals surface area contributed by atoms with E-state index >= 15 is 0 Å². The Kier molecular flexibility index (Phi) is 12.0. The summed E-state index contributed by atoms with van der Waals surface area (Å²) in [5.74, 6) is 0. The number of hydrogen-bond acceptors (Lipinski definition) is 3. The van der Waals surface area contributed by atoms with Gasteiger partial charge in [-0.1, -0.05) is 274 Å². The van der Waals surface area contributed by atoms with E-state index in [0.29, 0.717) is 11.4 Å². The van der Waals surface area contributed by atoms with Gasteiger partial charge in [0.05, 0.1) is 38.9 Å². The van der Waals surface area contributed by atoms with Crippen molar-refractivity contribution >= 4 is 111 Å². The van der Waals surface area contributed by atoms with Gasteiger partial charge >= 0.3 is 0 Å². The maximum Gasteiger partial charge on any atom is 0.252 e. The first-order chi connectivity index (χ1) is 56.9. The fraction of sp³-hybridized carbons (Fsp3) is 0.118. The van der Waals surface area contributed by atoms with Crippen LogP contribution in [0.2, 0.25) is 0 Å². The molecule has 0 unspecified atom stereocenters. The van der Waals surface area contributed by atoms with Crippen LogP contribution in [-0.2, 0) is 16.2 Å². The van der Waals surface area contributed by atoms with E-state index in [-0.39, 0.29) is 27.2 Å². The smallest absolute Gasteiger partial charge is 0.252 e. The van der Waals surface area contributed by atoms with Crippen molar-refractivity contribution in [1.29, 1.82) is 0 Å². The molecule has 0 amide bonds. The van der Waals surface area contributed by atoms with Gasteiger partial charge in [-0.3, -0.25) is 0 Å². The zero-order valence-corrected chi connectivity index (χ0v) is 61.8. The van der Waals surface area contributed by atoms with Crippen LogP contribution >= 0.6 is 11.3 Å². The molecular formula is C102H80BN3S. The molecule has 5 heteroatoms. The Hall–Kier alpha value is -12.0. The van der Waals surface area contributed by atoms with Crippen molar-refractivity contribution in [2.45, 2.75) is 78.6 Å². The summed E-state index contributed by atoms with van der Waals surface area (Å²) in [4.78, 5) is 5.03. The second-order valence-electron chi connectivity index (χ2n) is 32.0. The predicted octanol–water partition coefficient (Wildman–Crippen LogP) is 26.8. The number of nitrogens with zero attached hydrogens (tertiary/aromatic N) is 3. The van der Waals surface area contributed by atoms with Gasteiger partial charge < -0.3 is 14.4 Å². The summed E-state index contributed by atoms with van der Waals surface area (Å²) in [6.45, 7) is 19.9. The van der Waals surface area contributed by atoms with Crippen molar-refractivity contribution < 1.29 is 16.4 Å². The summed E-state index contributed by atoms with van der Waals surface area (Å²) in [6.07, 6.45) is 0. The fourth-order valence-corrected chi connectivity index (χ4v) is 17.8. The van der Waals surface area contributed by atoms with E-state index in [9.17, 15) is 12.3 Å². The van der Waals surface area contributed by atoms with Crippen molar-refractivity contribution in [3.05, 3.63) is 338 Å². The van der Waals surface area contributed by atoms with Gasteiger partial charge in [0.1, 0.15) is 0 Å². The summed E-state index contributed by atoms with van der Waals surface area (Å²) in [5, 5.41) is 2.05. The highest BCUT2D eigenvalue weighted by Gasteiger charge is 2.47. The van der Waals surface area contributed by atoms with Crippen molar-refractivity contribution in [2.24, 2.45) is 0 Å². The number of rotatable bonds is 5. The van der Waals surface area contributed by atoms with Crippen LogP contribution in [0.3, 0.4) is 0 Å². The molecule has 512 valence electrons. The zero-order valence-electron chi connectivity index (χ0n) is 73.0. The van der Waals surface area contributed by atoms with E-state index in [1.807, 2.05) is 18.2 Å². The molecule has 0 aliphatic carbocycles.